The van der Waals surface area contributed by atoms with E-state index in [1.165, 1.54) is 0 Å². The molecule has 2 aliphatic rings. The topological polar surface area (TPSA) is 141 Å². The Morgan fingerprint density at radius 3 is 2.17 bits per heavy atom. The summed E-state index contributed by atoms with van der Waals surface area (Å²) in [7, 11) is 3.98. The number of likely N-dealkylation sites (tertiary alicyclic amines) is 1. The Morgan fingerprint density at radius 1 is 1.14 bits per heavy atom. The fourth-order valence-electron chi connectivity index (χ4n) is 4.74. The number of cyclic esters (lactones) is 1. The van der Waals surface area contributed by atoms with Gasteiger partial charge < -0.3 is 29.2 Å². The molecule has 2 N–H and O–H groups in total. The van der Waals surface area contributed by atoms with Crippen LogP contribution in [0.1, 0.15) is 61.9 Å². The van der Waals surface area contributed by atoms with E-state index in [-0.39, 0.29) is 30.9 Å². The molecule has 2 fully saturated rings. The van der Waals surface area contributed by atoms with Crippen molar-refractivity contribution >= 4 is 24.8 Å². The lowest BCUT2D eigenvalue weighted by molar-refractivity contribution is -0.150. The number of amides is 1. The number of nitrogens with zero attached hydrogens (tertiary/aromatic N) is 3. The number of carbonyl (C=O) groups is 4. The number of carbonyl (C=O) groups excluding carboxylic acids is 2. The molecular formula is C25H41N3O8. The maximum absolute atomic E-state index is 13.1. The number of ether oxygens (including phenoxy) is 1. The zero-order valence-corrected chi connectivity index (χ0v) is 22.1. The van der Waals surface area contributed by atoms with E-state index in [0.717, 1.165) is 50.3 Å². The van der Waals surface area contributed by atoms with Gasteiger partial charge in [0, 0.05) is 44.6 Å². The van der Waals surface area contributed by atoms with Gasteiger partial charge in [0.05, 0.1) is 5.41 Å². The number of carboxylic acid groups (broad SMARTS) is 2. The van der Waals surface area contributed by atoms with Gasteiger partial charge in [0.25, 0.3) is 18.9 Å². The molecule has 1 amide bonds. The fraction of sp³-hybridized carbons (Fsp3) is 0.680. The summed E-state index contributed by atoms with van der Waals surface area (Å²) in [5.41, 5.74) is 0.673. The van der Waals surface area contributed by atoms with Gasteiger partial charge in [-0.2, -0.15) is 0 Å². The first-order chi connectivity index (χ1) is 17.1. The Labute approximate surface area is 213 Å². The van der Waals surface area contributed by atoms with E-state index in [1.807, 2.05) is 30.0 Å². The highest BCUT2D eigenvalue weighted by Gasteiger charge is 2.51. The van der Waals surface area contributed by atoms with Crippen molar-refractivity contribution in [2.24, 2.45) is 5.41 Å². The third-order valence-electron chi connectivity index (χ3n) is 6.62. The first kappa shape index (κ1) is 31.1. The van der Waals surface area contributed by atoms with Crippen LogP contribution in [0.15, 0.2) is 10.5 Å². The summed E-state index contributed by atoms with van der Waals surface area (Å²) in [5, 5.41) is 13.8. The van der Waals surface area contributed by atoms with Crippen LogP contribution < -0.4 is 0 Å². The van der Waals surface area contributed by atoms with Crippen molar-refractivity contribution < 1.29 is 38.5 Å². The van der Waals surface area contributed by atoms with E-state index in [1.54, 1.807) is 0 Å². The SMILES string of the molecule is CCc1oc(C(=O)N2CCC3(CC2)CC(CN(C)C)OC3=O)cc1CN(CC)CC.O=CO.O=CO. The summed E-state index contributed by atoms with van der Waals surface area (Å²) < 4.78 is 11.6. The molecule has 0 aliphatic carbocycles. The largest absolute Gasteiger partial charge is 0.483 e. The number of aryl methyl sites for hydroxylation is 1. The molecule has 204 valence electrons. The average Bonchev–Trinajstić information content (AvgIpc) is 3.38. The van der Waals surface area contributed by atoms with Gasteiger partial charge >= 0.3 is 5.97 Å². The number of esters is 1. The second-order valence-electron chi connectivity index (χ2n) is 9.15. The van der Waals surface area contributed by atoms with E-state index in [2.05, 4.69) is 25.7 Å². The molecule has 0 aromatic carbocycles. The van der Waals surface area contributed by atoms with Gasteiger partial charge in [0.2, 0.25) is 0 Å². The Hall–Kier alpha value is -2.92. The minimum atomic E-state index is -0.427. The molecular weight excluding hydrogens is 470 g/mol. The first-order valence-electron chi connectivity index (χ1n) is 12.3. The molecule has 3 rings (SSSR count). The number of furan rings is 1. The normalized spacial score (nSPS) is 18.2. The molecule has 1 unspecified atom stereocenters. The van der Waals surface area contributed by atoms with Crippen molar-refractivity contribution in [2.75, 3.05) is 46.8 Å². The summed E-state index contributed by atoms with van der Waals surface area (Å²) in [4.78, 5) is 48.6. The molecule has 2 aliphatic heterocycles. The van der Waals surface area contributed by atoms with Gasteiger partial charge in [-0.1, -0.05) is 20.8 Å². The third-order valence-corrected chi connectivity index (χ3v) is 6.62. The van der Waals surface area contributed by atoms with Crippen LogP contribution >= 0.6 is 0 Å². The van der Waals surface area contributed by atoms with Gasteiger partial charge in [0.1, 0.15) is 11.9 Å². The Kier molecular flexibility index (Phi) is 13.2. The van der Waals surface area contributed by atoms with Gasteiger partial charge in [0.15, 0.2) is 5.76 Å². The molecule has 3 heterocycles. The van der Waals surface area contributed by atoms with Crippen LogP contribution in [-0.2, 0) is 32.1 Å². The van der Waals surface area contributed by atoms with E-state index in [0.29, 0.717) is 31.7 Å². The van der Waals surface area contributed by atoms with Crippen molar-refractivity contribution in [2.45, 2.75) is 59.1 Å². The highest BCUT2D eigenvalue weighted by Crippen LogP contribution is 2.43. The Balaban J connectivity index is 0.000000982. The Morgan fingerprint density at radius 2 is 1.69 bits per heavy atom. The number of hydrogen-bond donors (Lipinski definition) is 2. The molecule has 36 heavy (non-hydrogen) atoms. The zero-order chi connectivity index (χ0) is 27.3. The molecule has 1 aromatic heterocycles. The fourth-order valence-corrected chi connectivity index (χ4v) is 4.74. The van der Waals surface area contributed by atoms with Crippen molar-refractivity contribution in [1.29, 1.82) is 0 Å². The third kappa shape index (κ3) is 8.34. The summed E-state index contributed by atoms with van der Waals surface area (Å²) in [5.74, 6) is 1.16. The van der Waals surface area contributed by atoms with Crippen molar-refractivity contribution in [1.82, 2.24) is 14.7 Å². The average molecular weight is 512 g/mol. The van der Waals surface area contributed by atoms with Crippen molar-refractivity contribution in [3.05, 3.63) is 23.2 Å². The second-order valence-corrected chi connectivity index (χ2v) is 9.15. The molecule has 1 aromatic rings. The van der Waals surface area contributed by atoms with E-state index >= 15 is 0 Å². The highest BCUT2D eigenvalue weighted by molar-refractivity contribution is 5.92. The zero-order valence-electron chi connectivity index (χ0n) is 22.1. The summed E-state index contributed by atoms with van der Waals surface area (Å²) >= 11 is 0. The molecule has 1 spiro atoms. The highest BCUT2D eigenvalue weighted by atomic mass is 16.6. The molecule has 11 heteroatoms. The van der Waals surface area contributed by atoms with Crippen LogP contribution in [0, 0.1) is 5.41 Å². The van der Waals surface area contributed by atoms with Crippen LogP contribution in [-0.4, -0.2) is 103 Å². The number of likely N-dealkylation sites (N-methyl/N-ethyl adjacent to an activating group) is 1. The van der Waals surface area contributed by atoms with E-state index in [4.69, 9.17) is 29.0 Å². The van der Waals surface area contributed by atoms with E-state index in [9.17, 15) is 9.59 Å². The minimum Gasteiger partial charge on any atom is -0.483 e. The monoisotopic (exact) mass is 511 g/mol. The van der Waals surface area contributed by atoms with Gasteiger partial charge in [-0.15, -0.1) is 0 Å². The number of hydrogen-bond acceptors (Lipinski definition) is 8. The van der Waals surface area contributed by atoms with Crippen LogP contribution in [0.3, 0.4) is 0 Å². The summed E-state index contributed by atoms with van der Waals surface area (Å²) in [6.45, 7) is 10.4. The van der Waals surface area contributed by atoms with Crippen LogP contribution in [0.5, 0.6) is 0 Å². The van der Waals surface area contributed by atoms with E-state index < -0.39 is 5.41 Å². The van der Waals surface area contributed by atoms with Gasteiger partial charge in [-0.05, 0) is 46.1 Å². The van der Waals surface area contributed by atoms with Gasteiger partial charge in [-0.25, -0.2) is 0 Å². The smallest absolute Gasteiger partial charge is 0.312 e. The lowest BCUT2D eigenvalue weighted by Crippen LogP contribution is -2.45. The summed E-state index contributed by atoms with van der Waals surface area (Å²) in [6.07, 6.45) is 2.80. The first-order valence-corrected chi connectivity index (χ1v) is 12.3. The predicted octanol–water partition coefficient (Wildman–Crippen LogP) is 2.18. The molecule has 1 atom stereocenters. The Bertz CT molecular complexity index is 836. The molecule has 0 bridgehead atoms. The van der Waals surface area contributed by atoms with Crippen molar-refractivity contribution in [3.8, 4) is 0 Å². The predicted molar refractivity (Wildman–Crippen MR) is 133 cm³/mol. The second kappa shape index (κ2) is 15.2. The summed E-state index contributed by atoms with van der Waals surface area (Å²) in [6, 6.07) is 1.92. The number of piperidine rings is 1. The lowest BCUT2D eigenvalue weighted by Gasteiger charge is -2.36. The van der Waals surface area contributed by atoms with Crippen molar-refractivity contribution in [3.63, 3.8) is 0 Å². The van der Waals surface area contributed by atoms with Crippen LogP contribution in [0.4, 0.5) is 0 Å². The number of rotatable bonds is 8. The standard InChI is InChI=1S/C23H37N3O4.2CH2O2/c1-6-19-17(15-25(7-2)8-3)13-20(30-19)21(27)26-11-9-23(10-12-26)14-18(16-24(4)5)29-22(23)28;2*2-1-3/h13,18H,6-12,14-16H2,1-5H3;2*1H,(H,2,3). The maximum atomic E-state index is 13.1. The minimum absolute atomic E-state index is 0.0467. The molecule has 0 radical (unpaired) electrons. The van der Waals surface area contributed by atoms with Crippen LogP contribution in [0.25, 0.3) is 0 Å². The van der Waals surface area contributed by atoms with Crippen LogP contribution in [0.2, 0.25) is 0 Å². The van der Waals surface area contributed by atoms with Gasteiger partial charge in [-0.3, -0.25) is 24.1 Å². The quantitative estimate of drug-likeness (QED) is 0.394. The molecule has 0 saturated carbocycles. The molecule has 2 saturated heterocycles. The maximum Gasteiger partial charge on any atom is 0.312 e. The molecule has 11 nitrogen and oxygen atoms in total. The lowest BCUT2D eigenvalue weighted by atomic mass is 9.76.